The Labute approximate surface area is 109 Å². The molecule has 6 heteroatoms. The molecule has 1 heterocycles. The lowest BCUT2D eigenvalue weighted by molar-refractivity contribution is -0.135. The number of nitrogens with zero attached hydrogens (tertiary/aromatic N) is 1. The van der Waals surface area contributed by atoms with Crippen LogP contribution in [0.4, 0.5) is 10.1 Å². The third-order valence-corrected chi connectivity index (χ3v) is 3.20. The van der Waals surface area contributed by atoms with Gasteiger partial charge in [0.05, 0.1) is 12.2 Å². The van der Waals surface area contributed by atoms with Crippen LogP contribution in [0.2, 0.25) is 0 Å². The van der Waals surface area contributed by atoms with E-state index < -0.39 is 23.2 Å². The molecule has 0 saturated carbocycles. The summed E-state index contributed by atoms with van der Waals surface area (Å²) < 4.78 is 14.0. The molecule has 5 nitrogen and oxygen atoms in total. The molecular weight excluding hydrogens is 251 g/mol. The van der Waals surface area contributed by atoms with Gasteiger partial charge < -0.3 is 4.90 Å². The second kappa shape index (κ2) is 4.46. The molecule has 0 aromatic heterocycles. The van der Waals surface area contributed by atoms with E-state index in [9.17, 15) is 18.8 Å². The van der Waals surface area contributed by atoms with Crippen LogP contribution in [0.25, 0.3) is 0 Å². The van der Waals surface area contributed by atoms with Crippen LogP contribution < -0.4 is 10.2 Å². The number of carbonyl (C=O) groups is 3. The van der Waals surface area contributed by atoms with E-state index in [4.69, 9.17) is 0 Å². The first-order chi connectivity index (χ1) is 8.87. The molecule has 0 radical (unpaired) electrons. The first kappa shape index (κ1) is 13.2. The van der Waals surface area contributed by atoms with Crippen LogP contribution in [0.5, 0.6) is 0 Å². The largest absolute Gasteiger partial charge is 0.345 e. The fourth-order valence-corrected chi connectivity index (χ4v) is 2.05. The van der Waals surface area contributed by atoms with Crippen LogP contribution in [-0.4, -0.2) is 30.2 Å². The van der Waals surface area contributed by atoms with Gasteiger partial charge in [0.2, 0.25) is 5.91 Å². The fourth-order valence-electron chi connectivity index (χ4n) is 2.05. The molecule has 1 fully saturated rings. The number of para-hydroxylation sites is 1. The maximum Gasteiger partial charge on any atom is 0.251 e. The van der Waals surface area contributed by atoms with Crippen molar-refractivity contribution in [1.29, 1.82) is 0 Å². The smallest absolute Gasteiger partial charge is 0.251 e. The van der Waals surface area contributed by atoms with Gasteiger partial charge in [-0.05, 0) is 26.0 Å². The number of nitrogens with one attached hydrogen (secondary N) is 1. The Hall–Kier alpha value is -2.24. The number of halogens is 1. The molecule has 0 aliphatic carbocycles. The first-order valence-corrected chi connectivity index (χ1v) is 5.73. The SMILES string of the molecule is CC1(C)C(=O)NC(=O)CN1c1c(F)cccc1C=O. The molecule has 2 rings (SSSR count). The minimum absolute atomic E-state index is 0.0225. The Morgan fingerprint density at radius 1 is 1.37 bits per heavy atom. The summed E-state index contributed by atoms with van der Waals surface area (Å²) in [5, 5.41) is 2.20. The van der Waals surface area contributed by atoms with Crippen molar-refractivity contribution in [2.75, 3.05) is 11.4 Å². The van der Waals surface area contributed by atoms with Crippen molar-refractivity contribution < 1.29 is 18.8 Å². The lowest BCUT2D eigenvalue weighted by Crippen LogP contribution is -2.64. The highest BCUT2D eigenvalue weighted by Crippen LogP contribution is 2.31. The molecule has 1 N–H and O–H groups in total. The van der Waals surface area contributed by atoms with E-state index in [2.05, 4.69) is 5.32 Å². The number of piperazine rings is 1. The number of imide groups is 1. The van der Waals surface area contributed by atoms with Crippen molar-refractivity contribution in [3.8, 4) is 0 Å². The van der Waals surface area contributed by atoms with E-state index >= 15 is 0 Å². The Bertz CT molecular complexity index is 569. The molecule has 1 aliphatic heterocycles. The van der Waals surface area contributed by atoms with E-state index in [1.807, 2.05) is 0 Å². The Balaban J connectivity index is 2.59. The second-order valence-electron chi connectivity index (χ2n) is 4.82. The normalized spacial score (nSPS) is 18.2. The van der Waals surface area contributed by atoms with Gasteiger partial charge in [-0.1, -0.05) is 6.07 Å². The predicted molar refractivity (Wildman–Crippen MR) is 66.4 cm³/mol. The molecule has 100 valence electrons. The number of carbonyl (C=O) groups excluding carboxylic acids is 3. The van der Waals surface area contributed by atoms with E-state index in [0.717, 1.165) is 0 Å². The number of amides is 2. The third-order valence-electron chi connectivity index (χ3n) is 3.20. The van der Waals surface area contributed by atoms with Crippen LogP contribution in [0.15, 0.2) is 18.2 Å². The summed E-state index contributed by atoms with van der Waals surface area (Å²) in [4.78, 5) is 35.6. The second-order valence-corrected chi connectivity index (χ2v) is 4.82. The average Bonchev–Trinajstić information content (AvgIpc) is 2.34. The van der Waals surface area contributed by atoms with Crippen molar-refractivity contribution in [3.05, 3.63) is 29.6 Å². The third kappa shape index (κ3) is 2.09. The van der Waals surface area contributed by atoms with Crippen molar-refractivity contribution in [2.45, 2.75) is 19.4 Å². The summed E-state index contributed by atoms with van der Waals surface area (Å²) in [7, 11) is 0. The number of rotatable bonds is 2. The van der Waals surface area contributed by atoms with Crippen molar-refractivity contribution in [3.63, 3.8) is 0 Å². The maximum absolute atomic E-state index is 14.0. The zero-order valence-corrected chi connectivity index (χ0v) is 10.6. The van der Waals surface area contributed by atoms with E-state index in [0.29, 0.717) is 6.29 Å². The molecule has 19 heavy (non-hydrogen) atoms. The predicted octanol–water partition coefficient (Wildman–Crippen LogP) is 0.880. The molecule has 1 aliphatic rings. The first-order valence-electron chi connectivity index (χ1n) is 5.73. The van der Waals surface area contributed by atoms with Crippen molar-refractivity contribution in [2.24, 2.45) is 0 Å². The number of benzene rings is 1. The number of hydrogen-bond donors (Lipinski definition) is 1. The Morgan fingerprint density at radius 3 is 2.68 bits per heavy atom. The molecule has 2 amide bonds. The van der Waals surface area contributed by atoms with E-state index in [-0.39, 0.29) is 17.8 Å². The Kier molecular flexibility index (Phi) is 3.09. The van der Waals surface area contributed by atoms with Crippen LogP contribution in [0.1, 0.15) is 24.2 Å². The molecule has 0 atom stereocenters. The highest BCUT2D eigenvalue weighted by atomic mass is 19.1. The van der Waals surface area contributed by atoms with Gasteiger partial charge in [0.25, 0.3) is 5.91 Å². The maximum atomic E-state index is 14.0. The molecule has 1 saturated heterocycles. The summed E-state index contributed by atoms with van der Waals surface area (Å²) in [6, 6.07) is 4.04. The summed E-state index contributed by atoms with van der Waals surface area (Å²) in [6.45, 7) is 2.95. The quantitative estimate of drug-likeness (QED) is 0.636. The monoisotopic (exact) mass is 264 g/mol. The minimum atomic E-state index is -1.12. The van der Waals surface area contributed by atoms with Crippen LogP contribution in [0, 0.1) is 5.82 Å². The summed E-state index contributed by atoms with van der Waals surface area (Å²) in [5.74, 6) is -1.69. The minimum Gasteiger partial charge on any atom is -0.345 e. The standard InChI is InChI=1S/C13H13FN2O3/c1-13(2)12(19)15-10(18)6-16(13)11-8(7-17)4-3-5-9(11)14/h3-5,7H,6H2,1-2H3,(H,15,18,19). The summed E-state index contributed by atoms with van der Waals surface area (Å²) in [5.41, 5.74) is -1.03. The topological polar surface area (TPSA) is 66.5 Å². The van der Waals surface area contributed by atoms with Gasteiger partial charge in [-0.25, -0.2) is 4.39 Å². The van der Waals surface area contributed by atoms with Gasteiger partial charge in [-0.15, -0.1) is 0 Å². The molecule has 1 aromatic carbocycles. The lowest BCUT2D eigenvalue weighted by Gasteiger charge is -2.42. The fraction of sp³-hybridized carbons (Fsp3) is 0.308. The van der Waals surface area contributed by atoms with Gasteiger partial charge >= 0.3 is 0 Å². The lowest BCUT2D eigenvalue weighted by atomic mass is 9.96. The van der Waals surface area contributed by atoms with Crippen LogP contribution >= 0.6 is 0 Å². The zero-order valence-electron chi connectivity index (χ0n) is 10.6. The van der Waals surface area contributed by atoms with Crippen LogP contribution in [0.3, 0.4) is 0 Å². The molecule has 0 unspecified atom stereocenters. The number of aldehydes is 1. The van der Waals surface area contributed by atoms with E-state index in [1.54, 1.807) is 13.8 Å². The molecule has 1 aromatic rings. The highest BCUT2D eigenvalue weighted by molar-refractivity contribution is 6.07. The van der Waals surface area contributed by atoms with Gasteiger partial charge in [-0.2, -0.15) is 0 Å². The van der Waals surface area contributed by atoms with E-state index in [1.165, 1.54) is 23.1 Å². The van der Waals surface area contributed by atoms with Gasteiger partial charge in [0.15, 0.2) is 6.29 Å². The highest BCUT2D eigenvalue weighted by Gasteiger charge is 2.42. The summed E-state index contributed by atoms with van der Waals surface area (Å²) in [6.07, 6.45) is 0.505. The molecule has 0 bridgehead atoms. The van der Waals surface area contributed by atoms with Crippen LogP contribution in [-0.2, 0) is 9.59 Å². The number of hydrogen-bond acceptors (Lipinski definition) is 4. The zero-order chi connectivity index (χ0) is 14.2. The number of anilines is 1. The Morgan fingerprint density at radius 2 is 2.05 bits per heavy atom. The van der Waals surface area contributed by atoms with Gasteiger partial charge in [0, 0.05) is 5.56 Å². The summed E-state index contributed by atoms with van der Waals surface area (Å²) >= 11 is 0. The van der Waals surface area contributed by atoms with Crippen molar-refractivity contribution in [1.82, 2.24) is 5.32 Å². The van der Waals surface area contributed by atoms with Gasteiger partial charge in [-0.3, -0.25) is 19.7 Å². The molecular formula is C13H13FN2O3. The molecule has 0 spiro atoms. The van der Waals surface area contributed by atoms with Gasteiger partial charge in [0.1, 0.15) is 11.4 Å². The van der Waals surface area contributed by atoms with Crippen molar-refractivity contribution >= 4 is 23.8 Å². The average molecular weight is 264 g/mol.